The third kappa shape index (κ3) is 2.88. The van der Waals surface area contributed by atoms with Crippen LogP contribution in [-0.4, -0.2) is 15.1 Å². The zero-order valence-electron chi connectivity index (χ0n) is 11.6. The molecule has 0 fully saturated rings. The number of nitrogens with zero attached hydrogens (tertiary/aromatic N) is 2. The molecule has 3 aromatic rings. The van der Waals surface area contributed by atoms with Crippen molar-refractivity contribution >= 4 is 17.3 Å². The second kappa shape index (κ2) is 6.14. The van der Waals surface area contributed by atoms with E-state index in [-0.39, 0.29) is 0 Å². The van der Waals surface area contributed by atoms with Gasteiger partial charge in [-0.3, -0.25) is 4.98 Å². The normalized spacial score (nSPS) is 11.1. The third-order valence-corrected chi connectivity index (χ3v) is 4.23. The molecule has 0 aliphatic heterocycles. The van der Waals surface area contributed by atoms with E-state index >= 15 is 0 Å². The number of benzene rings is 1. The highest BCUT2D eigenvalue weighted by molar-refractivity contribution is 7.99. The molecular formula is C17H18N2S. The summed E-state index contributed by atoms with van der Waals surface area (Å²) >= 11 is 1.88. The second-order valence-electron chi connectivity index (χ2n) is 4.76. The van der Waals surface area contributed by atoms with Gasteiger partial charge in [-0.05, 0) is 30.2 Å². The Hall–Kier alpha value is -1.74. The van der Waals surface area contributed by atoms with Gasteiger partial charge in [-0.2, -0.15) is 0 Å². The first-order valence-corrected chi connectivity index (χ1v) is 7.97. The monoisotopic (exact) mass is 282 g/mol. The minimum absolute atomic E-state index is 0.981. The average molecular weight is 282 g/mol. The van der Waals surface area contributed by atoms with Crippen molar-refractivity contribution in [3.8, 4) is 0 Å². The highest BCUT2D eigenvalue weighted by Gasteiger charge is 2.06. The molecule has 0 aliphatic rings. The number of rotatable bonds is 5. The quantitative estimate of drug-likeness (QED) is 0.651. The number of hydrogen-bond donors (Lipinski definition) is 0. The Bertz CT molecular complexity index is 689. The smallest absolute Gasteiger partial charge is 0.0678 e. The van der Waals surface area contributed by atoms with Crippen LogP contribution in [0.3, 0.4) is 0 Å². The van der Waals surface area contributed by atoms with Gasteiger partial charge in [0.1, 0.15) is 0 Å². The van der Waals surface area contributed by atoms with Crippen LogP contribution < -0.4 is 0 Å². The fraction of sp³-hybridized carbons (Fsp3) is 0.235. The summed E-state index contributed by atoms with van der Waals surface area (Å²) in [5, 5.41) is 0. The van der Waals surface area contributed by atoms with Crippen LogP contribution in [0, 0.1) is 0 Å². The Morgan fingerprint density at radius 2 is 2.00 bits per heavy atom. The molecule has 0 atom stereocenters. The molecule has 0 aliphatic carbocycles. The molecule has 0 saturated heterocycles. The molecule has 3 rings (SSSR count). The first kappa shape index (κ1) is 13.3. The van der Waals surface area contributed by atoms with Gasteiger partial charge in [-0.25, -0.2) is 0 Å². The molecule has 0 spiro atoms. The van der Waals surface area contributed by atoms with Crippen LogP contribution in [0.15, 0.2) is 59.9 Å². The van der Waals surface area contributed by atoms with Gasteiger partial charge >= 0.3 is 0 Å². The Morgan fingerprint density at radius 3 is 2.80 bits per heavy atom. The summed E-state index contributed by atoms with van der Waals surface area (Å²) in [5.74, 6) is 1.10. The van der Waals surface area contributed by atoms with Crippen LogP contribution in [0.5, 0.6) is 0 Å². The van der Waals surface area contributed by atoms with Crippen LogP contribution in [0.25, 0.3) is 5.52 Å². The van der Waals surface area contributed by atoms with E-state index in [0.29, 0.717) is 0 Å². The molecule has 0 unspecified atom stereocenters. The van der Waals surface area contributed by atoms with Crippen molar-refractivity contribution < 1.29 is 0 Å². The molecule has 20 heavy (non-hydrogen) atoms. The summed E-state index contributed by atoms with van der Waals surface area (Å²) in [6, 6.07) is 12.9. The lowest BCUT2D eigenvalue weighted by atomic mass is 10.1. The minimum Gasteiger partial charge on any atom is -0.319 e. The maximum Gasteiger partial charge on any atom is 0.0678 e. The van der Waals surface area contributed by atoms with E-state index in [4.69, 9.17) is 0 Å². The van der Waals surface area contributed by atoms with Gasteiger partial charge in [-0.15, -0.1) is 11.8 Å². The summed E-state index contributed by atoms with van der Waals surface area (Å²) in [6.45, 7) is 2.18. The Balaban J connectivity index is 1.83. The molecule has 0 radical (unpaired) electrons. The largest absolute Gasteiger partial charge is 0.319 e. The number of aromatic nitrogens is 2. The third-order valence-electron chi connectivity index (χ3n) is 3.38. The molecule has 0 N–H and O–H groups in total. The van der Waals surface area contributed by atoms with Crippen molar-refractivity contribution in [2.24, 2.45) is 0 Å². The van der Waals surface area contributed by atoms with Gasteiger partial charge in [0.05, 0.1) is 11.2 Å². The average Bonchev–Trinajstić information content (AvgIpc) is 2.89. The lowest BCUT2D eigenvalue weighted by molar-refractivity contribution is 0.907. The maximum atomic E-state index is 4.57. The van der Waals surface area contributed by atoms with Gasteiger partial charge in [0.2, 0.25) is 0 Å². The fourth-order valence-electron chi connectivity index (χ4n) is 2.42. The number of aryl methyl sites for hydroxylation is 2. The van der Waals surface area contributed by atoms with Crippen molar-refractivity contribution in [2.45, 2.75) is 24.7 Å². The SMILES string of the molecule is CCSc1cc2c(CCc3ccccc3)nccn2c1. The van der Waals surface area contributed by atoms with E-state index in [2.05, 4.69) is 58.9 Å². The Kier molecular flexibility index (Phi) is 4.07. The van der Waals surface area contributed by atoms with Crippen molar-refractivity contribution in [1.29, 1.82) is 0 Å². The molecule has 2 nitrogen and oxygen atoms in total. The van der Waals surface area contributed by atoms with Gasteiger partial charge in [-0.1, -0.05) is 37.3 Å². The van der Waals surface area contributed by atoms with Crippen LogP contribution in [0.4, 0.5) is 0 Å². The van der Waals surface area contributed by atoms with E-state index < -0.39 is 0 Å². The zero-order valence-corrected chi connectivity index (χ0v) is 12.4. The molecule has 102 valence electrons. The van der Waals surface area contributed by atoms with E-state index in [1.165, 1.54) is 21.7 Å². The standard InChI is InChI=1S/C17H18N2S/c1-2-20-15-12-17-16(18-10-11-19(17)13-15)9-8-14-6-4-3-5-7-14/h3-7,10-13H,2,8-9H2,1H3. The van der Waals surface area contributed by atoms with Gasteiger partial charge in [0, 0.05) is 23.5 Å². The predicted molar refractivity (Wildman–Crippen MR) is 85.4 cm³/mol. The van der Waals surface area contributed by atoms with E-state index in [1.54, 1.807) is 0 Å². The zero-order chi connectivity index (χ0) is 13.8. The number of thioether (sulfide) groups is 1. The number of hydrogen-bond acceptors (Lipinski definition) is 2. The molecule has 2 aromatic heterocycles. The first-order chi connectivity index (χ1) is 9.86. The van der Waals surface area contributed by atoms with Gasteiger partial charge < -0.3 is 4.40 Å². The lowest BCUT2D eigenvalue weighted by Gasteiger charge is -2.03. The number of fused-ring (bicyclic) bond motifs is 1. The van der Waals surface area contributed by atoms with E-state index in [0.717, 1.165) is 18.6 Å². The van der Waals surface area contributed by atoms with Gasteiger partial charge in [0.25, 0.3) is 0 Å². The minimum atomic E-state index is 0.981. The highest BCUT2D eigenvalue weighted by atomic mass is 32.2. The summed E-state index contributed by atoms with van der Waals surface area (Å²) in [5.41, 5.74) is 3.78. The molecule has 0 saturated carbocycles. The first-order valence-electron chi connectivity index (χ1n) is 6.99. The molecule has 0 bridgehead atoms. The summed E-state index contributed by atoms with van der Waals surface area (Å²) < 4.78 is 2.19. The highest BCUT2D eigenvalue weighted by Crippen LogP contribution is 2.23. The Morgan fingerprint density at radius 1 is 1.15 bits per heavy atom. The predicted octanol–water partition coefficient (Wildman–Crippen LogP) is 4.23. The maximum absolute atomic E-state index is 4.57. The van der Waals surface area contributed by atoms with Crippen LogP contribution in [0.2, 0.25) is 0 Å². The van der Waals surface area contributed by atoms with Crippen LogP contribution in [0.1, 0.15) is 18.2 Å². The molecular weight excluding hydrogens is 264 g/mol. The molecule has 2 heterocycles. The second-order valence-corrected chi connectivity index (χ2v) is 6.10. The van der Waals surface area contributed by atoms with E-state index in [1.807, 2.05) is 24.2 Å². The molecule has 1 aromatic carbocycles. The van der Waals surface area contributed by atoms with Crippen LogP contribution in [-0.2, 0) is 12.8 Å². The van der Waals surface area contributed by atoms with Gasteiger partial charge in [0.15, 0.2) is 0 Å². The van der Waals surface area contributed by atoms with E-state index in [9.17, 15) is 0 Å². The Labute approximate surface area is 123 Å². The fourth-order valence-corrected chi connectivity index (χ4v) is 3.13. The molecule has 3 heteroatoms. The molecule has 0 amide bonds. The van der Waals surface area contributed by atoms with Crippen molar-refractivity contribution in [3.05, 3.63) is 66.2 Å². The van der Waals surface area contributed by atoms with Crippen molar-refractivity contribution in [2.75, 3.05) is 5.75 Å². The van der Waals surface area contributed by atoms with Crippen LogP contribution >= 0.6 is 11.8 Å². The summed E-state index contributed by atoms with van der Waals surface area (Å²) in [4.78, 5) is 5.89. The van der Waals surface area contributed by atoms with Crippen molar-refractivity contribution in [3.63, 3.8) is 0 Å². The topological polar surface area (TPSA) is 17.3 Å². The van der Waals surface area contributed by atoms with Crippen molar-refractivity contribution in [1.82, 2.24) is 9.38 Å². The summed E-state index contributed by atoms with van der Waals surface area (Å²) in [6.07, 6.45) is 8.13. The lowest BCUT2D eigenvalue weighted by Crippen LogP contribution is -1.97. The summed E-state index contributed by atoms with van der Waals surface area (Å²) in [7, 11) is 0.